The lowest BCUT2D eigenvalue weighted by molar-refractivity contribution is 0.0459. The molecular weight excluding hydrogens is 353 g/mol. The number of esters is 1. The summed E-state index contributed by atoms with van der Waals surface area (Å²) in [5.41, 5.74) is 3.80. The molecule has 0 unspecified atom stereocenters. The summed E-state index contributed by atoms with van der Waals surface area (Å²) in [6.45, 7) is 2.19. The second-order valence-corrected chi connectivity index (χ2v) is 7.12. The van der Waals surface area contributed by atoms with Crippen LogP contribution in [0.15, 0.2) is 29.6 Å². The van der Waals surface area contributed by atoms with Gasteiger partial charge in [0.1, 0.15) is 12.4 Å². The fourth-order valence-corrected chi connectivity index (χ4v) is 3.91. The van der Waals surface area contributed by atoms with Crippen LogP contribution >= 0.6 is 11.3 Å². The monoisotopic (exact) mass is 371 g/mol. The van der Waals surface area contributed by atoms with E-state index in [0.717, 1.165) is 53.3 Å². The van der Waals surface area contributed by atoms with Crippen LogP contribution in [0.5, 0.6) is 0 Å². The second kappa shape index (κ2) is 6.99. The van der Waals surface area contributed by atoms with Crippen LogP contribution < -0.4 is 0 Å². The topological polar surface area (TPSA) is 57.0 Å². The number of thiazole rings is 1. The number of rotatable bonds is 5. The predicted molar refractivity (Wildman–Crippen MR) is 96.2 cm³/mol. The molecule has 0 aliphatic heterocycles. The van der Waals surface area contributed by atoms with E-state index in [2.05, 4.69) is 10.1 Å². The lowest BCUT2D eigenvalue weighted by atomic mass is 10.2. The average molecular weight is 371 g/mol. The molecule has 2 heterocycles. The van der Waals surface area contributed by atoms with E-state index < -0.39 is 5.97 Å². The number of ether oxygens (including phenoxy) is 1. The maximum absolute atomic E-state index is 13.2. The van der Waals surface area contributed by atoms with E-state index in [1.807, 2.05) is 12.3 Å². The van der Waals surface area contributed by atoms with Crippen molar-refractivity contribution < 1.29 is 13.9 Å². The third kappa shape index (κ3) is 3.14. The Labute approximate surface area is 154 Å². The first-order valence-corrected chi connectivity index (χ1v) is 9.50. The van der Waals surface area contributed by atoms with Crippen LogP contribution in [0.3, 0.4) is 0 Å². The number of hydrogen-bond donors (Lipinski definition) is 0. The SMILES string of the molecule is CCc1nc(COC(=O)c2nn(-c3ccc(F)cc3)c3c2CCC3)cs1. The standard InChI is InChI=1S/C19H18FN3O2S/c1-2-17-21-13(11-26-17)10-25-19(24)18-15-4-3-5-16(15)23(22-18)14-8-6-12(20)7-9-14/h6-9,11H,2-5,10H2,1H3. The van der Waals surface area contributed by atoms with Gasteiger partial charge in [-0.05, 0) is 49.9 Å². The quantitative estimate of drug-likeness (QED) is 0.639. The lowest BCUT2D eigenvalue weighted by Gasteiger charge is -2.05. The lowest BCUT2D eigenvalue weighted by Crippen LogP contribution is -2.09. The molecule has 1 aliphatic rings. The molecule has 0 atom stereocenters. The molecule has 0 amide bonds. The van der Waals surface area contributed by atoms with Gasteiger partial charge < -0.3 is 4.74 Å². The number of fused-ring (bicyclic) bond motifs is 1. The maximum Gasteiger partial charge on any atom is 0.359 e. The van der Waals surface area contributed by atoms with Crippen molar-refractivity contribution in [3.8, 4) is 5.69 Å². The first kappa shape index (κ1) is 16.9. The molecule has 0 saturated heterocycles. The highest BCUT2D eigenvalue weighted by molar-refractivity contribution is 7.09. The molecule has 0 radical (unpaired) electrons. The molecule has 0 spiro atoms. The Morgan fingerprint density at radius 2 is 2.12 bits per heavy atom. The van der Waals surface area contributed by atoms with E-state index in [0.29, 0.717) is 5.69 Å². The van der Waals surface area contributed by atoms with Crippen LogP contribution in [-0.2, 0) is 30.6 Å². The molecule has 0 bridgehead atoms. The Kier molecular flexibility index (Phi) is 4.55. The van der Waals surface area contributed by atoms with Crippen molar-refractivity contribution in [2.45, 2.75) is 39.2 Å². The predicted octanol–water partition coefficient (Wildman–Crippen LogP) is 3.88. The second-order valence-electron chi connectivity index (χ2n) is 6.18. The number of hydrogen-bond acceptors (Lipinski definition) is 5. The Morgan fingerprint density at radius 1 is 1.31 bits per heavy atom. The minimum atomic E-state index is -0.435. The zero-order valence-corrected chi connectivity index (χ0v) is 15.2. The molecule has 4 rings (SSSR count). The van der Waals surface area contributed by atoms with Gasteiger partial charge in [-0.25, -0.2) is 18.9 Å². The summed E-state index contributed by atoms with van der Waals surface area (Å²) in [7, 11) is 0. The summed E-state index contributed by atoms with van der Waals surface area (Å²) >= 11 is 1.57. The van der Waals surface area contributed by atoms with Gasteiger partial charge in [0.05, 0.1) is 16.4 Å². The molecule has 3 aromatic rings. The van der Waals surface area contributed by atoms with Crippen molar-refractivity contribution in [3.63, 3.8) is 0 Å². The van der Waals surface area contributed by atoms with Crippen molar-refractivity contribution in [2.75, 3.05) is 0 Å². The number of halogens is 1. The van der Waals surface area contributed by atoms with Gasteiger partial charge in [-0.3, -0.25) is 0 Å². The van der Waals surface area contributed by atoms with Gasteiger partial charge in [0.2, 0.25) is 0 Å². The zero-order valence-electron chi connectivity index (χ0n) is 14.4. The zero-order chi connectivity index (χ0) is 18.1. The third-order valence-corrected chi connectivity index (χ3v) is 5.49. The van der Waals surface area contributed by atoms with Crippen molar-refractivity contribution in [2.24, 2.45) is 0 Å². The van der Waals surface area contributed by atoms with Gasteiger partial charge in [0.25, 0.3) is 0 Å². The van der Waals surface area contributed by atoms with Crippen LogP contribution in [0.4, 0.5) is 4.39 Å². The summed E-state index contributed by atoms with van der Waals surface area (Å²) in [6, 6.07) is 6.11. The third-order valence-electron chi connectivity index (χ3n) is 4.45. The Bertz CT molecular complexity index is 946. The van der Waals surface area contributed by atoms with Gasteiger partial charge >= 0.3 is 5.97 Å². The minimum Gasteiger partial charge on any atom is -0.454 e. The molecule has 2 aromatic heterocycles. The van der Waals surface area contributed by atoms with Crippen LogP contribution in [0.25, 0.3) is 5.69 Å². The highest BCUT2D eigenvalue weighted by atomic mass is 32.1. The molecule has 7 heteroatoms. The highest BCUT2D eigenvalue weighted by Gasteiger charge is 2.28. The molecule has 5 nitrogen and oxygen atoms in total. The average Bonchev–Trinajstić information content (AvgIpc) is 3.36. The van der Waals surface area contributed by atoms with E-state index >= 15 is 0 Å². The summed E-state index contributed by atoms with van der Waals surface area (Å²) in [4.78, 5) is 17.0. The molecule has 1 aromatic carbocycles. The number of benzene rings is 1. The van der Waals surface area contributed by atoms with Crippen LogP contribution in [0.1, 0.15) is 45.8 Å². The van der Waals surface area contributed by atoms with E-state index in [1.165, 1.54) is 12.1 Å². The summed E-state index contributed by atoms with van der Waals surface area (Å²) in [5, 5.41) is 7.40. The van der Waals surface area contributed by atoms with Crippen molar-refractivity contribution in [3.05, 3.63) is 63.1 Å². The molecule has 0 N–H and O–H groups in total. The fraction of sp³-hybridized carbons (Fsp3) is 0.316. The summed E-state index contributed by atoms with van der Waals surface area (Å²) < 4.78 is 20.4. The van der Waals surface area contributed by atoms with E-state index in [4.69, 9.17) is 4.74 Å². The van der Waals surface area contributed by atoms with Gasteiger partial charge in [-0.15, -0.1) is 11.3 Å². The first-order valence-electron chi connectivity index (χ1n) is 8.63. The fourth-order valence-electron chi connectivity index (χ4n) is 3.18. The van der Waals surface area contributed by atoms with Gasteiger partial charge in [0.15, 0.2) is 5.69 Å². The van der Waals surface area contributed by atoms with E-state index in [1.54, 1.807) is 28.2 Å². The van der Waals surface area contributed by atoms with Crippen LogP contribution in [0.2, 0.25) is 0 Å². The van der Waals surface area contributed by atoms with E-state index in [9.17, 15) is 9.18 Å². The Morgan fingerprint density at radius 3 is 2.85 bits per heavy atom. The molecule has 0 fully saturated rings. The maximum atomic E-state index is 13.2. The molecule has 0 saturated carbocycles. The molecular formula is C19H18FN3O2S. The highest BCUT2D eigenvalue weighted by Crippen LogP contribution is 2.28. The molecule has 134 valence electrons. The molecule has 26 heavy (non-hydrogen) atoms. The Balaban J connectivity index is 1.57. The Hall–Kier alpha value is -2.54. The normalized spacial score (nSPS) is 13.0. The summed E-state index contributed by atoms with van der Waals surface area (Å²) in [5.74, 6) is -0.734. The van der Waals surface area contributed by atoms with Gasteiger partial charge in [0, 0.05) is 16.6 Å². The molecule has 1 aliphatic carbocycles. The minimum absolute atomic E-state index is 0.146. The van der Waals surface area contributed by atoms with Gasteiger partial charge in [-0.1, -0.05) is 6.92 Å². The number of nitrogens with zero attached hydrogens (tertiary/aromatic N) is 3. The number of carbonyl (C=O) groups is 1. The number of aryl methyl sites for hydroxylation is 1. The smallest absolute Gasteiger partial charge is 0.359 e. The number of aromatic nitrogens is 3. The van der Waals surface area contributed by atoms with Gasteiger partial charge in [-0.2, -0.15) is 5.10 Å². The van der Waals surface area contributed by atoms with E-state index in [-0.39, 0.29) is 12.4 Å². The first-order chi connectivity index (χ1) is 12.7. The van der Waals surface area contributed by atoms with Crippen LogP contribution in [0, 0.1) is 5.82 Å². The van der Waals surface area contributed by atoms with Crippen molar-refractivity contribution >= 4 is 17.3 Å². The number of carbonyl (C=O) groups excluding carboxylic acids is 1. The van der Waals surface area contributed by atoms with Crippen molar-refractivity contribution in [1.82, 2.24) is 14.8 Å². The van der Waals surface area contributed by atoms with Crippen LogP contribution in [-0.4, -0.2) is 20.7 Å². The largest absolute Gasteiger partial charge is 0.454 e. The summed E-state index contributed by atoms with van der Waals surface area (Å²) in [6.07, 6.45) is 3.49. The van der Waals surface area contributed by atoms with Crippen molar-refractivity contribution in [1.29, 1.82) is 0 Å².